The van der Waals surface area contributed by atoms with E-state index in [2.05, 4.69) is 20.4 Å². The zero-order chi connectivity index (χ0) is 26.8. The molecule has 1 unspecified atom stereocenters. The van der Waals surface area contributed by atoms with E-state index >= 15 is 0 Å². The summed E-state index contributed by atoms with van der Waals surface area (Å²) in [4.78, 5) is 31.4. The number of rotatable bonds is 7. The summed E-state index contributed by atoms with van der Waals surface area (Å²) < 4.78 is 11.2. The van der Waals surface area contributed by atoms with Gasteiger partial charge in [-0.3, -0.25) is 10.1 Å². The van der Waals surface area contributed by atoms with E-state index in [-0.39, 0.29) is 6.42 Å². The molecule has 0 saturated heterocycles. The van der Waals surface area contributed by atoms with Gasteiger partial charge < -0.3 is 19.4 Å². The van der Waals surface area contributed by atoms with Gasteiger partial charge in [-0.1, -0.05) is 65.3 Å². The molecule has 0 aliphatic carbocycles. The Hall–Kier alpha value is -4.63. The average Bonchev–Trinajstić information content (AvgIpc) is 3.51. The molecule has 0 aliphatic rings. The number of nitrogens with one attached hydrogen (secondary N) is 2. The van der Waals surface area contributed by atoms with E-state index in [9.17, 15) is 9.59 Å². The van der Waals surface area contributed by atoms with Crippen molar-refractivity contribution < 1.29 is 24.0 Å². The highest BCUT2D eigenvalue weighted by Gasteiger charge is 2.23. The van der Waals surface area contributed by atoms with E-state index in [4.69, 9.17) is 26.0 Å². The van der Waals surface area contributed by atoms with Crippen molar-refractivity contribution in [2.75, 3.05) is 5.32 Å². The lowest BCUT2D eigenvalue weighted by molar-refractivity contribution is -0.136. The van der Waals surface area contributed by atoms with Crippen molar-refractivity contribution in [2.45, 2.75) is 26.4 Å². The Morgan fingerprint density at radius 3 is 2.58 bits per heavy atom. The van der Waals surface area contributed by atoms with Gasteiger partial charge in [0.1, 0.15) is 23.0 Å². The molecule has 0 aliphatic heterocycles. The minimum atomic E-state index is -0.882. The average molecular weight is 531 g/mol. The van der Waals surface area contributed by atoms with Gasteiger partial charge in [-0.2, -0.15) is 0 Å². The third kappa shape index (κ3) is 4.96. The number of aryl methyl sites for hydroxylation is 1. The van der Waals surface area contributed by atoms with Crippen LogP contribution in [-0.4, -0.2) is 32.3 Å². The molecule has 0 bridgehead atoms. The van der Waals surface area contributed by atoms with Gasteiger partial charge in [-0.15, -0.1) is 0 Å². The number of fused-ring (bicyclic) bond motifs is 1. The second-order valence-electron chi connectivity index (χ2n) is 8.72. The topological polar surface area (TPSA) is 130 Å². The fraction of sp³-hybridized carbons (Fsp3) is 0.143. The van der Waals surface area contributed by atoms with E-state index in [1.807, 2.05) is 30.3 Å². The molecule has 5 aromatic rings. The van der Waals surface area contributed by atoms with Crippen LogP contribution in [-0.2, 0) is 16.0 Å². The lowest BCUT2D eigenvalue weighted by atomic mass is 9.98. The predicted molar refractivity (Wildman–Crippen MR) is 143 cm³/mol. The number of halogens is 1. The highest BCUT2D eigenvalue weighted by atomic mass is 35.5. The highest BCUT2D eigenvalue weighted by molar-refractivity contribution is 6.31. The number of benzene rings is 3. The van der Waals surface area contributed by atoms with Gasteiger partial charge in [-0.05, 0) is 37.1 Å². The first-order valence-electron chi connectivity index (χ1n) is 11.8. The second kappa shape index (κ2) is 10.4. The summed E-state index contributed by atoms with van der Waals surface area (Å²) in [5, 5.41) is 16.3. The van der Waals surface area contributed by atoms with Crippen LogP contribution in [0.5, 0.6) is 0 Å². The lowest BCUT2D eigenvalue weighted by Gasteiger charge is -2.15. The third-order valence-electron chi connectivity index (χ3n) is 6.16. The van der Waals surface area contributed by atoms with Crippen LogP contribution in [0.3, 0.4) is 0 Å². The molecule has 3 N–H and O–H groups in total. The van der Waals surface area contributed by atoms with Gasteiger partial charge >= 0.3 is 12.1 Å². The number of carboxylic acid groups (broad SMARTS) is 1. The van der Waals surface area contributed by atoms with E-state index in [1.54, 1.807) is 50.5 Å². The summed E-state index contributed by atoms with van der Waals surface area (Å²) in [7, 11) is 0. The van der Waals surface area contributed by atoms with Gasteiger partial charge in [0.2, 0.25) is 0 Å². The summed E-state index contributed by atoms with van der Waals surface area (Å²) in [5.74, 6) is -0.544. The number of H-pyrrole nitrogens is 1. The Morgan fingerprint density at radius 1 is 1.11 bits per heavy atom. The number of anilines is 1. The molecular weight excluding hydrogens is 508 g/mol. The van der Waals surface area contributed by atoms with Crippen molar-refractivity contribution in [3.05, 3.63) is 88.8 Å². The molecular formula is C28H23ClN4O5. The van der Waals surface area contributed by atoms with E-state index in [1.165, 1.54) is 0 Å². The Morgan fingerprint density at radius 2 is 1.84 bits per heavy atom. The minimum Gasteiger partial charge on any atom is -0.481 e. The first-order valence-corrected chi connectivity index (χ1v) is 12.2. The Labute approximate surface area is 222 Å². The largest absolute Gasteiger partial charge is 0.481 e. The van der Waals surface area contributed by atoms with Crippen molar-refractivity contribution in [3.8, 4) is 22.5 Å². The summed E-state index contributed by atoms with van der Waals surface area (Å²) in [5.41, 5.74) is 6.02. The molecule has 0 saturated carbocycles. The maximum absolute atomic E-state index is 12.8. The second-order valence-corrected chi connectivity index (χ2v) is 9.13. The lowest BCUT2D eigenvalue weighted by Crippen LogP contribution is -2.17. The smallest absolute Gasteiger partial charge is 0.412 e. The SMILES string of the molecule is Cc1noc(-c2ccc(-c3ccc(CC(=O)O)cc3)c3[nH]cnc23)c1NC(=O)OC(C)c1ccccc1Cl. The standard InChI is InChI=1S/C28H23ClN4O5/c1-15-24(32-28(36)37-16(2)19-5-3-4-6-22(19)29)27(38-33-15)21-12-11-20(25-26(21)31-14-30-25)18-9-7-17(8-10-18)13-23(34)35/h3-12,14,16H,13H2,1-2H3,(H,30,31)(H,32,36)(H,34,35). The number of hydrogen-bond donors (Lipinski definition) is 3. The normalized spacial score (nSPS) is 11.9. The van der Waals surface area contributed by atoms with Gasteiger partial charge in [0.25, 0.3) is 0 Å². The van der Waals surface area contributed by atoms with Crippen LogP contribution in [0, 0.1) is 6.92 Å². The molecule has 0 fully saturated rings. The van der Waals surface area contributed by atoms with Crippen molar-refractivity contribution in [3.63, 3.8) is 0 Å². The van der Waals surface area contributed by atoms with Crippen LogP contribution in [0.2, 0.25) is 5.02 Å². The van der Waals surface area contributed by atoms with E-state index in [0.717, 1.165) is 16.6 Å². The predicted octanol–water partition coefficient (Wildman–Crippen LogP) is 6.78. The van der Waals surface area contributed by atoms with Gasteiger partial charge in [0.15, 0.2) is 5.76 Å². The molecule has 0 spiro atoms. The number of amides is 1. The number of aromatic nitrogens is 3. The monoisotopic (exact) mass is 530 g/mol. The molecule has 1 amide bonds. The molecule has 192 valence electrons. The summed E-state index contributed by atoms with van der Waals surface area (Å²) >= 11 is 6.23. The number of aromatic amines is 1. The Bertz CT molecular complexity index is 1640. The number of imidazole rings is 1. The zero-order valence-corrected chi connectivity index (χ0v) is 21.2. The van der Waals surface area contributed by atoms with E-state index in [0.29, 0.717) is 44.4 Å². The first-order chi connectivity index (χ1) is 18.3. The number of carboxylic acids is 1. The third-order valence-corrected chi connectivity index (χ3v) is 6.51. The zero-order valence-electron chi connectivity index (χ0n) is 20.5. The molecule has 10 heteroatoms. The number of carbonyl (C=O) groups excluding carboxylic acids is 1. The maximum atomic E-state index is 12.8. The number of carbonyl (C=O) groups is 2. The van der Waals surface area contributed by atoms with Gasteiger partial charge in [-0.25, -0.2) is 9.78 Å². The molecule has 9 nitrogen and oxygen atoms in total. The van der Waals surface area contributed by atoms with Crippen molar-refractivity contribution in [1.29, 1.82) is 0 Å². The van der Waals surface area contributed by atoms with Crippen LogP contribution in [0.15, 0.2) is 71.5 Å². The van der Waals surface area contributed by atoms with Gasteiger partial charge in [0.05, 0.1) is 23.8 Å². The van der Waals surface area contributed by atoms with Crippen LogP contribution in [0.1, 0.15) is 29.8 Å². The summed E-state index contributed by atoms with van der Waals surface area (Å²) in [6, 6.07) is 18.2. The highest BCUT2D eigenvalue weighted by Crippen LogP contribution is 2.38. The van der Waals surface area contributed by atoms with Crippen molar-refractivity contribution in [2.24, 2.45) is 0 Å². The fourth-order valence-corrected chi connectivity index (χ4v) is 4.58. The number of nitrogens with zero attached hydrogens (tertiary/aromatic N) is 2. The van der Waals surface area contributed by atoms with Crippen LogP contribution in [0.4, 0.5) is 10.5 Å². The fourth-order valence-electron chi connectivity index (χ4n) is 4.29. The number of ether oxygens (including phenoxy) is 1. The molecule has 0 radical (unpaired) electrons. The number of hydrogen-bond acceptors (Lipinski definition) is 6. The number of aliphatic carboxylic acids is 1. The Balaban J connectivity index is 1.43. The molecule has 1 atom stereocenters. The van der Waals surface area contributed by atoms with Crippen LogP contribution < -0.4 is 5.32 Å². The quantitative estimate of drug-likeness (QED) is 0.211. The van der Waals surface area contributed by atoms with Crippen molar-refractivity contribution >= 4 is 40.4 Å². The van der Waals surface area contributed by atoms with Crippen LogP contribution in [0.25, 0.3) is 33.5 Å². The van der Waals surface area contributed by atoms with E-state index < -0.39 is 18.2 Å². The van der Waals surface area contributed by atoms with Crippen LogP contribution >= 0.6 is 11.6 Å². The molecule has 3 aromatic carbocycles. The minimum absolute atomic E-state index is 0.0428. The Kier molecular flexibility index (Phi) is 6.85. The molecule has 2 aromatic heterocycles. The summed E-state index contributed by atoms with van der Waals surface area (Å²) in [6.45, 7) is 3.46. The molecule has 38 heavy (non-hydrogen) atoms. The first kappa shape index (κ1) is 25.0. The molecule has 2 heterocycles. The summed E-state index contributed by atoms with van der Waals surface area (Å²) in [6.07, 6.45) is 0.276. The van der Waals surface area contributed by atoms with Gasteiger partial charge in [0, 0.05) is 16.1 Å². The molecule has 5 rings (SSSR count). The van der Waals surface area contributed by atoms with Crippen molar-refractivity contribution in [1.82, 2.24) is 15.1 Å². The maximum Gasteiger partial charge on any atom is 0.412 e.